The lowest BCUT2D eigenvalue weighted by molar-refractivity contribution is 0.200. The molecular formula is C10H10O2. The van der Waals surface area contributed by atoms with Crippen molar-refractivity contribution in [1.82, 2.24) is 0 Å². The highest BCUT2D eigenvalue weighted by Crippen LogP contribution is 2.31. The van der Waals surface area contributed by atoms with Gasteiger partial charge in [-0.3, -0.25) is 0 Å². The van der Waals surface area contributed by atoms with E-state index in [4.69, 9.17) is 4.42 Å². The van der Waals surface area contributed by atoms with Gasteiger partial charge in [-0.1, -0.05) is 12.1 Å². The monoisotopic (exact) mass is 162 g/mol. The van der Waals surface area contributed by atoms with Crippen molar-refractivity contribution in [2.24, 2.45) is 0 Å². The molecule has 0 spiro atoms. The zero-order valence-corrected chi connectivity index (χ0v) is 6.82. The molecule has 0 saturated carbocycles. The molecule has 0 aromatic carbocycles. The van der Waals surface area contributed by atoms with Crippen LogP contribution in [-0.2, 0) is 0 Å². The second-order valence-electron chi connectivity index (χ2n) is 2.89. The van der Waals surface area contributed by atoms with Gasteiger partial charge in [-0.05, 0) is 24.1 Å². The van der Waals surface area contributed by atoms with Crippen molar-refractivity contribution in [3.8, 4) is 11.1 Å². The first-order valence-electron chi connectivity index (χ1n) is 3.92. The van der Waals surface area contributed by atoms with Crippen LogP contribution >= 0.6 is 0 Å². The number of hydrogen-bond donors (Lipinski definition) is 1. The molecule has 1 unspecified atom stereocenters. The van der Waals surface area contributed by atoms with Gasteiger partial charge < -0.3 is 9.52 Å². The predicted octanol–water partition coefficient (Wildman–Crippen LogP) is 2.44. The summed E-state index contributed by atoms with van der Waals surface area (Å²) in [7, 11) is 0. The summed E-state index contributed by atoms with van der Waals surface area (Å²) >= 11 is 0. The van der Waals surface area contributed by atoms with Gasteiger partial charge >= 0.3 is 0 Å². The van der Waals surface area contributed by atoms with Crippen LogP contribution in [0.15, 0.2) is 35.1 Å². The van der Waals surface area contributed by atoms with Crippen molar-refractivity contribution in [2.75, 3.05) is 0 Å². The molecular weight excluding hydrogens is 152 g/mol. The third-order valence-electron chi connectivity index (χ3n) is 2.02. The minimum atomic E-state index is -0.412. The zero-order valence-electron chi connectivity index (χ0n) is 6.82. The summed E-state index contributed by atoms with van der Waals surface area (Å²) in [5, 5.41) is 9.38. The van der Waals surface area contributed by atoms with Crippen molar-refractivity contribution < 1.29 is 9.52 Å². The first-order valence-corrected chi connectivity index (χ1v) is 3.92. The van der Waals surface area contributed by atoms with E-state index in [-0.39, 0.29) is 0 Å². The van der Waals surface area contributed by atoms with Gasteiger partial charge in [0.2, 0.25) is 0 Å². The van der Waals surface area contributed by atoms with Gasteiger partial charge in [0.1, 0.15) is 0 Å². The summed E-state index contributed by atoms with van der Waals surface area (Å²) in [6.07, 6.45) is 2.89. The Hall–Kier alpha value is -1.28. The molecule has 0 fully saturated rings. The van der Waals surface area contributed by atoms with E-state index in [1.165, 1.54) is 0 Å². The van der Waals surface area contributed by atoms with E-state index < -0.39 is 6.10 Å². The molecule has 0 radical (unpaired) electrons. The molecule has 1 heterocycles. The molecule has 1 N–H and O–H groups in total. The van der Waals surface area contributed by atoms with E-state index in [0.29, 0.717) is 0 Å². The largest absolute Gasteiger partial charge is 0.472 e. The Labute approximate surface area is 70.8 Å². The standard InChI is InChI=1S/C10H10O2/c1-7(11)9-3-2-8-6-12-5-4-10(8)9/h2-7,11H,1H3. The van der Waals surface area contributed by atoms with Gasteiger partial charge in [0.05, 0.1) is 18.6 Å². The van der Waals surface area contributed by atoms with Gasteiger partial charge in [0, 0.05) is 5.56 Å². The van der Waals surface area contributed by atoms with Crippen molar-refractivity contribution in [3.63, 3.8) is 0 Å². The molecule has 1 aliphatic carbocycles. The van der Waals surface area contributed by atoms with Gasteiger partial charge in [-0.15, -0.1) is 0 Å². The molecule has 0 saturated heterocycles. The summed E-state index contributed by atoms with van der Waals surface area (Å²) < 4.78 is 5.00. The van der Waals surface area contributed by atoms with Crippen LogP contribution in [0.1, 0.15) is 18.6 Å². The Kier molecular flexibility index (Phi) is 1.62. The smallest absolute Gasteiger partial charge is 0.0979 e. The van der Waals surface area contributed by atoms with Crippen molar-refractivity contribution in [2.45, 2.75) is 13.0 Å². The molecule has 0 aromatic heterocycles. The highest BCUT2D eigenvalue weighted by molar-refractivity contribution is 5.69. The van der Waals surface area contributed by atoms with Crippen LogP contribution in [0.5, 0.6) is 0 Å². The van der Waals surface area contributed by atoms with Gasteiger partial charge in [-0.25, -0.2) is 0 Å². The van der Waals surface area contributed by atoms with E-state index >= 15 is 0 Å². The molecule has 1 aliphatic heterocycles. The van der Waals surface area contributed by atoms with E-state index in [1.54, 1.807) is 19.5 Å². The SMILES string of the molecule is CC(O)c1ccc2coccc1-2. The van der Waals surface area contributed by atoms with E-state index in [0.717, 1.165) is 16.7 Å². The van der Waals surface area contributed by atoms with Crippen molar-refractivity contribution >= 4 is 0 Å². The molecule has 12 heavy (non-hydrogen) atoms. The third-order valence-corrected chi connectivity index (χ3v) is 2.02. The number of aliphatic hydroxyl groups is 1. The number of hydrogen-bond acceptors (Lipinski definition) is 2. The topological polar surface area (TPSA) is 33.4 Å². The number of aliphatic hydroxyl groups excluding tert-OH is 1. The van der Waals surface area contributed by atoms with Crippen molar-refractivity contribution in [1.29, 1.82) is 0 Å². The fraction of sp³-hybridized carbons (Fsp3) is 0.200. The quantitative estimate of drug-likeness (QED) is 0.698. The zero-order chi connectivity index (χ0) is 8.55. The van der Waals surface area contributed by atoms with Crippen LogP contribution < -0.4 is 0 Å². The van der Waals surface area contributed by atoms with Crippen molar-refractivity contribution in [3.05, 3.63) is 36.3 Å². The third kappa shape index (κ3) is 1.01. The minimum Gasteiger partial charge on any atom is -0.472 e. The molecule has 2 nitrogen and oxygen atoms in total. The molecule has 0 bridgehead atoms. The summed E-state index contributed by atoms with van der Waals surface area (Å²) in [5.74, 6) is 0. The average Bonchev–Trinajstić information content (AvgIpc) is 2.47. The summed E-state index contributed by atoms with van der Waals surface area (Å²) in [4.78, 5) is 0. The lowest BCUT2D eigenvalue weighted by atomic mass is 10.1. The molecule has 0 aromatic rings. The Morgan fingerprint density at radius 1 is 1.33 bits per heavy atom. The Morgan fingerprint density at radius 3 is 2.92 bits per heavy atom. The molecule has 0 amide bonds. The highest BCUT2D eigenvalue weighted by atomic mass is 16.3. The van der Waals surface area contributed by atoms with Gasteiger partial charge in [0.15, 0.2) is 0 Å². The summed E-state index contributed by atoms with van der Waals surface area (Å²) in [6, 6.07) is 5.74. The molecule has 62 valence electrons. The predicted molar refractivity (Wildman–Crippen MR) is 46.0 cm³/mol. The van der Waals surface area contributed by atoms with E-state index in [9.17, 15) is 5.11 Å². The molecule has 2 heteroatoms. The lowest BCUT2D eigenvalue weighted by Crippen LogP contribution is -1.89. The van der Waals surface area contributed by atoms with E-state index in [1.807, 2.05) is 18.2 Å². The number of rotatable bonds is 1. The fourth-order valence-corrected chi connectivity index (χ4v) is 1.41. The molecule has 1 atom stereocenters. The van der Waals surface area contributed by atoms with Crippen LogP contribution in [0, 0.1) is 0 Å². The van der Waals surface area contributed by atoms with E-state index in [2.05, 4.69) is 0 Å². The lowest BCUT2D eigenvalue weighted by Gasteiger charge is -2.04. The van der Waals surface area contributed by atoms with Crippen LogP contribution in [0.3, 0.4) is 0 Å². The normalized spacial score (nSPS) is 13.5. The first-order chi connectivity index (χ1) is 5.79. The Morgan fingerprint density at radius 2 is 2.17 bits per heavy atom. The minimum absolute atomic E-state index is 0.412. The Balaban J connectivity index is 2.60. The second kappa shape index (κ2) is 2.64. The maximum absolute atomic E-state index is 9.38. The molecule has 2 aliphatic rings. The summed E-state index contributed by atoms with van der Waals surface area (Å²) in [6.45, 7) is 1.76. The summed E-state index contributed by atoms with van der Waals surface area (Å²) in [5.41, 5.74) is 3.06. The van der Waals surface area contributed by atoms with Gasteiger partial charge in [0.25, 0.3) is 0 Å². The fourth-order valence-electron chi connectivity index (χ4n) is 1.41. The number of fused-ring (bicyclic) bond motifs is 1. The van der Waals surface area contributed by atoms with Gasteiger partial charge in [-0.2, -0.15) is 0 Å². The average molecular weight is 162 g/mol. The van der Waals surface area contributed by atoms with Crippen LogP contribution in [0.2, 0.25) is 0 Å². The maximum atomic E-state index is 9.38. The first kappa shape index (κ1) is 7.37. The van der Waals surface area contributed by atoms with Crippen LogP contribution in [-0.4, -0.2) is 5.11 Å². The molecule has 2 rings (SSSR count). The second-order valence-corrected chi connectivity index (χ2v) is 2.89. The van der Waals surface area contributed by atoms with Crippen LogP contribution in [0.4, 0.5) is 0 Å². The van der Waals surface area contributed by atoms with Crippen LogP contribution in [0.25, 0.3) is 11.1 Å². The Bertz CT molecular complexity index is 349. The highest BCUT2D eigenvalue weighted by Gasteiger charge is 2.12. The maximum Gasteiger partial charge on any atom is 0.0979 e.